The monoisotopic (exact) mass is 298 g/mol. The van der Waals surface area contributed by atoms with Crippen LogP contribution in [0.4, 0.5) is 8.78 Å². The van der Waals surface area contributed by atoms with Crippen LogP contribution in [0.15, 0.2) is 11.8 Å². The minimum Gasteiger partial charge on any atom is -0.462 e. The van der Waals surface area contributed by atoms with E-state index in [0.717, 1.165) is 0 Å². The molecule has 0 spiro atoms. The highest BCUT2D eigenvalue weighted by Crippen LogP contribution is 2.19. The van der Waals surface area contributed by atoms with Gasteiger partial charge in [0, 0.05) is 14.2 Å². The molecule has 0 aliphatic carbocycles. The molecule has 0 aromatic heterocycles. The summed E-state index contributed by atoms with van der Waals surface area (Å²) in [5, 5.41) is 0. The number of hydrogen-bond acceptors (Lipinski definition) is 6. The van der Waals surface area contributed by atoms with Crippen LogP contribution in [-0.4, -0.2) is 52.9 Å². The maximum absolute atomic E-state index is 12.8. The molecule has 0 aromatic carbocycles. The average Bonchev–Trinajstić information content (AvgIpc) is 2.40. The van der Waals surface area contributed by atoms with Gasteiger partial charge in [-0.1, -0.05) is 6.92 Å². The molecule has 0 heterocycles. The van der Waals surface area contributed by atoms with Gasteiger partial charge < -0.3 is 23.7 Å². The Balaban J connectivity index is 4.40. The second kappa shape index (κ2) is 11.6. The number of rotatable bonds is 11. The van der Waals surface area contributed by atoms with Gasteiger partial charge in [0.15, 0.2) is 12.9 Å². The van der Waals surface area contributed by atoms with Crippen LogP contribution in [-0.2, 0) is 28.5 Å². The lowest BCUT2D eigenvalue weighted by molar-refractivity contribution is -0.155. The third-order valence-electron chi connectivity index (χ3n) is 2.11. The highest BCUT2D eigenvalue weighted by Gasteiger charge is 2.24. The Bertz CT molecular complexity index is 304. The molecule has 0 radical (unpaired) electrons. The zero-order chi connectivity index (χ0) is 15.4. The highest BCUT2D eigenvalue weighted by atomic mass is 19.3. The molecule has 0 fully saturated rings. The van der Waals surface area contributed by atoms with E-state index in [0.29, 0.717) is 6.61 Å². The van der Waals surface area contributed by atoms with Gasteiger partial charge in [-0.05, 0) is 6.42 Å². The van der Waals surface area contributed by atoms with Crippen LogP contribution in [0.2, 0.25) is 0 Å². The maximum atomic E-state index is 12.8. The first kappa shape index (κ1) is 18.8. The summed E-state index contributed by atoms with van der Waals surface area (Å²) >= 11 is 0. The van der Waals surface area contributed by atoms with Gasteiger partial charge in [-0.2, -0.15) is 8.78 Å². The zero-order valence-corrected chi connectivity index (χ0v) is 11.8. The fraction of sp³-hybridized carbons (Fsp3) is 0.750. The molecule has 0 aliphatic heterocycles. The summed E-state index contributed by atoms with van der Waals surface area (Å²) in [6.45, 7) is 1.41. The van der Waals surface area contributed by atoms with E-state index in [1.165, 1.54) is 14.2 Å². The molecule has 8 heteroatoms. The molecule has 0 aliphatic rings. The minimum absolute atomic E-state index is 0.139. The minimum atomic E-state index is -2.06. The summed E-state index contributed by atoms with van der Waals surface area (Å²) in [5.41, 5.74) is 0. The van der Waals surface area contributed by atoms with E-state index < -0.39 is 23.9 Å². The molecule has 0 aromatic rings. The smallest absolute Gasteiger partial charge is 0.332 e. The summed E-state index contributed by atoms with van der Waals surface area (Å²) in [6.07, 6.45) is -3.09. The molecule has 0 saturated carbocycles. The lowest BCUT2D eigenvalue weighted by Gasteiger charge is -2.19. The fourth-order valence-electron chi connectivity index (χ4n) is 1.21. The predicted molar refractivity (Wildman–Crippen MR) is 65.1 cm³/mol. The van der Waals surface area contributed by atoms with E-state index in [1.54, 1.807) is 6.92 Å². The lowest BCUT2D eigenvalue weighted by Crippen LogP contribution is -2.25. The van der Waals surface area contributed by atoms with Gasteiger partial charge >= 0.3 is 12.0 Å². The van der Waals surface area contributed by atoms with Crippen LogP contribution in [0.1, 0.15) is 13.3 Å². The van der Waals surface area contributed by atoms with Gasteiger partial charge in [0.05, 0.1) is 13.2 Å². The quantitative estimate of drug-likeness (QED) is 0.250. The number of esters is 1. The SMILES string of the molecule is CCC(OC(=O)COC)C(OCOCCOC)=C(F)F. The summed E-state index contributed by atoms with van der Waals surface area (Å²) in [5.74, 6) is -1.46. The predicted octanol–water partition coefficient (Wildman–Crippen LogP) is 1.70. The molecular formula is C12H20F2O6. The molecule has 0 bridgehead atoms. The number of hydrogen-bond donors (Lipinski definition) is 0. The molecule has 6 nitrogen and oxygen atoms in total. The van der Waals surface area contributed by atoms with E-state index in [2.05, 4.69) is 4.74 Å². The molecule has 0 saturated heterocycles. The largest absolute Gasteiger partial charge is 0.462 e. The van der Waals surface area contributed by atoms with Crippen molar-refractivity contribution in [2.45, 2.75) is 19.4 Å². The fourth-order valence-corrected chi connectivity index (χ4v) is 1.21. The standard InChI is InChI=1S/C12H20F2O6/c1-4-9(20-10(15)7-17-3)11(12(13)14)19-8-18-6-5-16-2/h9H,4-8H2,1-3H3. The summed E-state index contributed by atoms with van der Waals surface area (Å²) in [6, 6.07) is 0. The zero-order valence-electron chi connectivity index (χ0n) is 11.8. The van der Waals surface area contributed by atoms with Crippen LogP contribution >= 0.6 is 0 Å². The van der Waals surface area contributed by atoms with Gasteiger partial charge in [-0.3, -0.25) is 0 Å². The third kappa shape index (κ3) is 8.03. The van der Waals surface area contributed by atoms with Crippen molar-refractivity contribution >= 4 is 5.97 Å². The molecule has 1 unspecified atom stereocenters. The van der Waals surface area contributed by atoms with Crippen molar-refractivity contribution in [1.82, 2.24) is 0 Å². The van der Waals surface area contributed by atoms with Gasteiger partial charge in [0.1, 0.15) is 6.61 Å². The molecule has 0 amide bonds. The van der Waals surface area contributed by atoms with E-state index in [9.17, 15) is 13.6 Å². The van der Waals surface area contributed by atoms with Crippen molar-refractivity contribution in [2.75, 3.05) is 40.8 Å². The summed E-state index contributed by atoms with van der Waals surface area (Å²) in [7, 11) is 2.79. The van der Waals surface area contributed by atoms with E-state index >= 15 is 0 Å². The van der Waals surface area contributed by atoms with E-state index in [-0.39, 0.29) is 26.4 Å². The summed E-state index contributed by atoms with van der Waals surface area (Å²) in [4.78, 5) is 11.2. The molecule has 1 atom stereocenters. The molecule has 0 rings (SSSR count). The molecule has 118 valence electrons. The Kier molecular flexibility index (Phi) is 10.8. The van der Waals surface area contributed by atoms with Crippen molar-refractivity contribution < 1.29 is 37.3 Å². The first-order chi connectivity index (χ1) is 9.56. The molecule has 0 N–H and O–H groups in total. The third-order valence-corrected chi connectivity index (χ3v) is 2.11. The van der Waals surface area contributed by atoms with Crippen LogP contribution in [0.25, 0.3) is 0 Å². The van der Waals surface area contributed by atoms with Crippen LogP contribution in [0, 0.1) is 0 Å². The summed E-state index contributed by atoms with van der Waals surface area (Å²) < 4.78 is 49.4. The Morgan fingerprint density at radius 1 is 1.15 bits per heavy atom. The maximum Gasteiger partial charge on any atom is 0.332 e. The molecular weight excluding hydrogens is 278 g/mol. The molecule has 20 heavy (non-hydrogen) atoms. The lowest BCUT2D eigenvalue weighted by atomic mass is 10.2. The van der Waals surface area contributed by atoms with Crippen molar-refractivity contribution in [2.24, 2.45) is 0 Å². The number of ether oxygens (including phenoxy) is 5. The average molecular weight is 298 g/mol. The Labute approximate surface area is 116 Å². The van der Waals surface area contributed by atoms with Gasteiger partial charge in [0.25, 0.3) is 0 Å². The topological polar surface area (TPSA) is 63.2 Å². The van der Waals surface area contributed by atoms with Gasteiger partial charge in [-0.15, -0.1) is 0 Å². The Morgan fingerprint density at radius 3 is 2.35 bits per heavy atom. The highest BCUT2D eigenvalue weighted by molar-refractivity contribution is 5.71. The first-order valence-corrected chi connectivity index (χ1v) is 5.99. The van der Waals surface area contributed by atoms with Crippen molar-refractivity contribution in [1.29, 1.82) is 0 Å². The number of methoxy groups -OCH3 is 2. The number of halogens is 2. The van der Waals surface area contributed by atoms with Crippen LogP contribution in [0.5, 0.6) is 0 Å². The van der Waals surface area contributed by atoms with Crippen LogP contribution in [0.3, 0.4) is 0 Å². The Hall–Kier alpha value is -1.25. The number of carbonyl (C=O) groups is 1. The van der Waals surface area contributed by atoms with E-state index in [1.807, 2.05) is 0 Å². The number of carbonyl (C=O) groups excluding carboxylic acids is 1. The second-order valence-corrected chi connectivity index (χ2v) is 3.61. The van der Waals surface area contributed by atoms with Crippen molar-refractivity contribution in [3.05, 3.63) is 11.8 Å². The normalized spacial score (nSPS) is 11.8. The van der Waals surface area contributed by atoms with Crippen molar-refractivity contribution in [3.8, 4) is 0 Å². The Morgan fingerprint density at radius 2 is 1.85 bits per heavy atom. The van der Waals surface area contributed by atoms with Gasteiger partial charge in [-0.25, -0.2) is 4.79 Å². The van der Waals surface area contributed by atoms with Gasteiger partial charge in [0.2, 0.25) is 5.76 Å². The van der Waals surface area contributed by atoms with Crippen molar-refractivity contribution in [3.63, 3.8) is 0 Å². The van der Waals surface area contributed by atoms with Crippen LogP contribution < -0.4 is 0 Å². The van der Waals surface area contributed by atoms with E-state index in [4.69, 9.17) is 18.9 Å². The second-order valence-electron chi connectivity index (χ2n) is 3.61. The first-order valence-electron chi connectivity index (χ1n) is 5.99.